The van der Waals surface area contributed by atoms with E-state index in [-0.39, 0.29) is 6.61 Å². The van der Waals surface area contributed by atoms with Crippen molar-refractivity contribution >= 4 is 28.7 Å². The largest absolute Gasteiger partial charge is 0.509 e. The highest BCUT2D eigenvalue weighted by atomic mass is 127. The Hall–Kier alpha value is -0.440. The van der Waals surface area contributed by atoms with Crippen molar-refractivity contribution in [2.45, 2.75) is 19.8 Å². The molecule has 0 spiro atoms. The van der Waals surface area contributed by atoms with Gasteiger partial charge in [-0.25, -0.2) is 4.79 Å². The molecule has 68 valence electrons. The molecule has 0 aliphatic heterocycles. The van der Waals surface area contributed by atoms with Gasteiger partial charge in [0.25, 0.3) is 0 Å². The number of hydrogen-bond donors (Lipinski definition) is 0. The molecule has 0 aliphatic carbocycles. The molecule has 0 saturated carbocycles. The first-order chi connectivity index (χ1) is 5.81. The summed E-state index contributed by atoms with van der Waals surface area (Å²) in [5.41, 5.74) is 0. The Morgan fingerprint density at radius 1 is 1.50 bits per heavy atom. The number of ether oxygens (including phenoxy) is 2. The lowest BCUT2D eigenvalue weighted by atomic mass is 10.4. The van der Waals surface area contributed by atoms with Crippen LogP contribution in [0.2, 0.25) is 0 Å². The molecule has 0 atom stereocenters. The molecule has 0 aromatic carbocycles. The summed E-state index contributed by atoms with van der Waals surface area (Å²) in [6.07, 6.45) is 1.23. The lowest BCUT2D eigenvalue weighted by Gasteiger charge is -2.01. The lowest BCUT2D eigenvalue weighted by Crippen LogP contribution is -2.08. The molecule has 0 fully saturated rings. The Kier molecular flexibility index (Phi) is 8.34. The van der Waals surface area contributed by atoms with Gasteiger partial charge in [0.2, 0.25) is 0 Å². The van der Waals surface area contributed by atoms with Crippen LogP contribution in [0, 0.1) is 9.85 Å². The third kappa shape index (κ3) is 7.66. The van der Waals surface area contributed by atoms with E-state index in [1.54, 1.807) is 0 Å². The van der Waals surface area contributed by atoms with Crippen LogP contribution in [0.25, 0.3) is 0 Å². The zero-order valence-electron chi connectivity index (χ0n) is 6.93. The smallest absolute Gasteiger partial charge is 0.434 e. The fourth-order valence-electron chi connectivity index (χ4n) is 0.464. The molecule has 3 nitrogen and oxygen atoms in total. The summed E-state index contributed by atoms with van der Waals surface area (Å²) in [5, 5.41) is 0. The molecule has 0 unspecified atom stereocenters. The Bertz CT molecular complexity index is 180. The van der Waals surface area contributed by atoms with Crippen LogP contribution in [0.3, 0.4) is 0 Å². The maximum absolute atomic E-state index is 10.7. The molecule has 0 heterocycles. The Balaban J connectivity index is 3.25. The van der Waals surface area contributed by atoms with E-state index in [0.29, 0.717) is 6.61 Å². The average molecular weight is 282 g/mol. The number of hydrogen-bond acceptors (Lipinski definition) is 3. The molecule has 0 aromatic rings. The maximum atomic E-state index is 10.7. The molecule has 0 amide bonds. The summed E-state index contributed by atoms with van der Waals surface area (Å²) in [7, 11) is 0. The monoisotopic (exact) mass is 282 g/mol. The minimum Gasteiger partial charge on any atom is -0.434 e. The van der Waals surface area contributed by atoms with E-state index in [4.69, 9.17) is 4.74 Å². The van der Waals surface area contributed by atoms with Crippen molar-refractivity contribution in [1.29, 1.82) is 0 Å². The Morgan fingerprint density at radius 2 is 2.25 bits per heavy atom. The predicted octanol–water partition coefficient (Wildman–Crippen LogP) is 2.34. The third-order valence-electron chi connectivity index (χ3n) is 1.05. The standard InChI is InChI=1S/C8H11IO3/c1-2-3-6-11-8(10)12-7-4-5-9/h2-3,6-7H2,1H3. The van der Waals surface area contributed by atoms with Crippen LogP contribution in [-0.4, -0.2) is 19.4 Å². The van der Waals surface area contributed by atoms with E-state index in [2.05, 4.69) is 14.6 Å². The molecule has 0 N–H and O–H groups in total. The van der Waals surface area contributed by atoms with Crippen molar-refractivity contribution in [3.05, 3.63) is 0 Å². The predicted molar refractivity (Wildman–Crippen MR) is 54.0 cm³/mol. The summed E-state index contributed by atoms with van der Waals surface area (Å²) in [6, 6.07) is 0. The van der Waals surface area contributed by atoms with Gasteiger partial charge in [0.1, 0.15) is 0 Å². The Morgan fingerprint density at radius 3 is 2.83 bits per heavy atom. The Labute approximate surface area is 85.9 Å². The van der Waals surface area contributed by atoms with Gasteiger partial charge in [-0.1, -0.05) is 19.3 Å². The third-order valence-corrected chi connectivity index (χ3v) is 1.43. The summed E-state index contributed by atoms with van der Waals surface area (Å²) in [4.78, 5) is 10.7. The first-order valence-corrected chi connectivity index (χ1v) is 4.77. The summed E-state index contributed by atoms with van der Waals surface area (Å²) in [6.45, 7) is 2.55. The molecular formula is C8H11IO3. The SMILES string of the molecule is CCCCOC(=O)OCC#CI. The van der Waals surface area contributed by atoms with Gasteiger partial charge in [-0.3, -0.25) is 0 Å². The molecular weight excluding hydrogens is 271 g/mol. The molecule has 0 aromatic heterocycles. The summed E-state index contributed by atoms with van der Waals surface area (Å²) >= 11 is 1.88. The van der Waals surface area contributed by atoms with E-state index < -0.39 is 6.16 Å². The molecule has 0 rings (SSSR count). The number of carbonyl (C=O) groups is 1. The van der Waals surface area contributed by atoms with Gasteiger partial charge in [0, 0.05) is 22.6 Å². The van der Waals surface area contributed by atoms with Crippen molar-refractivity contribution in [1.82, 2.24) is 0 Å². The molecule has 12 heavy (non-hydrogen) atoms. The number of unbranched alkanes of at least 4 members (excludes halogenated alkanes) is 1. The van der Waals surface area contributed by atoms with Gasteiger partial charge in [-0.2, -0.15) is 0 Å². The molecule has 0 aliphatic rings. The van der Waals surface area contributed by atoms with Crippen LogP contribution in [-0.2, 0) is 9.47 Å². The van der Waals surface area contributed by atoms with Gasteiger partial charge in [-0.05, 0) is 10.3 Å². The van der Waals surface area contributed by atoms with Gasteiger partial charge in [-0.15, -0.1) is 0 Å². The van der Waals surface area contributed by atoms with Gasteiger partial charge in [0.05, 0.1) is 6.61 Å². The van der Waals surface area contributed by atoms with Crippen LogP contribution in [0.15, 0.2) is 0 Å². The highest BCUT2D eigenvalue weighted by Crippen LogP contribution is 1.90. The molecule has 0 radical (unpaired) electrons. The zero-order chi connectivity index (χ0) is 9.23. The topological polar surface area (TPSA) is 35.5 Å². The molecule has 0 saturated heterocycles. The zero-order valence-corrected chi connectivity index (χ0v) is 9.09. The average Bonchev–Trinajstić information content (AvgIpc) is 2.06. The summed E-state index contributed by atoms with van der Waals surface area (Å²) < 4.78 is 11.9. The van der Waals surface area contributed by atoms with Crippen molar-refractivity contribution < 1.29 is 14.3 Å². The number of halogens is 1. The second kappa shape index (κ2) is 8.65. The van der Waals surface area contributed by atoms with Crippen molar-refractivity contribution in [2.75, 3.05) is 13.2 Å². The molecule has 0 bridgehead atoms. The fourth-order valence-corrected chi connectivity index (χ4v) is 0.619. The first-order valence-electron chi connectivity index (χ1n) is 3.69. The first kappa shape index (κ1) is 11.6. The summed E-state index contributed by atoms with van der Waals surface area (Å²) in [5.74, 6) is 2.58. The van der Waals surface area contributed by atoms with E-state index in [9.17, 15) is 4.79 Å². The van der Waals surface area contributed by atoms with E-state index in [1.165, 1.54) is 0 Å². The van der Waals surface area contributed by atoms with Gasteiger partial charge in [0.15, 0.2) is 6.61 Å². The van der Waals surface area contributed by atoms with Crippen molar-refractivity contribution in [3.8, 4) is 9.85 Å². The highest BCUT2D eigenvalue weighted by molar-refractivity contribution is 14.1. The lowest BCUT2D eigenvalue weighted by molar-refractivity contribution is 0.0636. The van der Waals surface area contributed by atoms with E-state index in [0.717, 1.165) is 12.8 Å². The van der Waals surface area contributed by atoms with Crippen LogP contribution >= 0.6 is 22.6 Å². The quantitative estimate of drug-likeness (QED) is 0.343. The number of rotatable bonds is 4. The maximum Gasteiger partial charge on any atom is 0.509 e. The number of carbonyl (C=O) groups excluding carboxylic acids is 1. The van der Waals surface area contributed by atoms with E-state index in [1.807, 2.05) is 29.5 Å². The second-order valence-corrected chi connectivity index (χ2v) is 2.55. The van der Waals surface area contributed by atoms with Crippen LogP contribution in [0.5, 0.6) is 0 Å². The van der Waals surface area contributed by atoms with Crippen molar-refractivity contribution in [2.24, 2.45) is 0 Å². The second-order valence-electron chi connectivity index (χ2n) is 2.01. The minimum atomic E-state index is -0.636. The fraction of sp³-hybridized carbons (Fsp3) is 0.625. The van der Waals surface area contributed by atoms with Crippen LogP contribution < -0.4 is 0 Å². The highest BCUT2D eigenvalue weighted by Gasteiger charge is 1.99. The van der Waals surface area contributed by atoms with Gasteiger partial charge < -0.3 is 9.47 Å². The molecule has 4 heteroatoms. The van der Waals surface area contributed by atoms with E-state index >= 15 is 0 Å². The van der Waals surface area contributed by atoms with Gasteiger partial charge >= 0.3 is 6.16 Å². The van der Waals surface area contributed by atoms with Crippen LogP contribution in [0.1, 0.15) is 19.8 Å². The van der Waals surface area contributed by atoms with Crippen LogP contribution in [0.4, 0.5) is 4.79 Å². The minimum absolute atomic E-state index is 0.105. The normalized spacial score (nSPS) is 8.17. The van der Waals surface area contributed by atoms with Crippen molar-refractivity contribution in [3.63, 3.8) is 0 Å².